The molecule has 1 nitrogen and oxygen atoms in total. The maximum atomic E-state index is 3.40. The fourth-order valence-electron chi connectivity index (χ4n) is 7.72. The third-order valence-corrected chi connectivity index (χ3v) is 11.6. The minimum atomic E-state index is 0.956. The van der Waals surface area contributed by atoms with E-state index in [0.29, 0.717) is 0 Å². The average Bonchev–Trinajstić information content (AvgIpc) is 3.33. The van der Waals surface area contributed by atoms with E-state index in [0.717, 1.165) is 57.6 Å². The molecule has 0 atom stereocenters. The Morgan fingerprint density at radius 3 is 0.746 bits per heavy atom. The van der Waals surface area contributed by atoms with E-state index < -0.39 is 0 Å². The molecule has 0 amide bonds. The summed E-state index contributed by atoms with van der Waals surface area (Å²) in [4.78, 5) is 2.64. The minimum Gasteiger partial charge on any atom is -0.372 e. The van der Waals surface area contributed by atoms with Gasteiger partial charge in [0.1, 0.15) is 0 Å². The molecule has 0 heterocycles. The van der Waals surface area contributed by atoms with E-state index in [2.05, 4.69) is 115 Å². The van der Waals surface area contributed by atoms with Crippen molar-refractivity contribution in [3.8, 4) is 47.4 Å². The zero-order chi connectivity index (χ0) is 43.8. The Morgan fingerprint density at radius 1 is 0.254 bits per heavy atom. The van der Waals surface area contributed by atoms with Gasteiger partial charge in [0.05, 0.1) is 0 Å². The van der Waals surface area contributed by atoms with E-state index in [-0.39, 0.29) is 0 Å². The molecule has 1 heteroatoms. The molecule has 0 aliphatic rings. The average molecular weight is 830 g/mol. The Balaban J connectivity index is 1.08. The molecular formula is C62H71N. The van der Waals surface area contributed by atoms with Crippen LogP contribution in [-0.4, -0.2) is 13.1 Å². The highest BCUT2D eigenvalue weighted by Crippen LogP contribution is 2.20. The summed E-state index contributed by atoms with van der Waals surface area (Å²) in [5, 5.41) is 0. The lowest BCUT2D eigenvalue weighted by atomic mass is 10.1. The van der Waals surface area contributed by atoms with Crippen molar-refractivity contribution in [3.05, 3.63) is 172 Å². The lowest BCUT2D eigenvalue weighted by Crippen LogP contribution is -2.25. The molecule has 0 unspecified atom stereocenters. The highest BCUT2D eigenvalue weighted by molar-refractivity contribution is 5.53. The van der Waals surface area contributed by atoms with Crippen LogP contribution in [0.2, 0.25) is 0 Å². The summed E-state index contributed by atoms with van der Waals surface area (Å²) < 4.78 is 0. The number of nitrogens with zero attached hydrogens (tertiary/aromatic N) is 1. The number of benzene rings is 5. The van der Waals surface area contributed by atoms with Crippen LogP contribution in [0, 0.1) is 47.4 Å². The van der Waals surface area contributed by atoms with Crippen LogP contribution in [0.5, 0.6) is 0 Å². The number of anilines is 1. The standard InChI is InChI=1S/C62H71N/c1-3-5-7-9-11-13-15-17-19-24-52-63(53-25-20-18-16-14-12-10-8-6-4-2)62-50-48-61(49-51-62)47-46-60-44-42-59(43-45-60)41-40-58-38-36-57(37-39-58)35-34-56-32-30-55(31-33-56)29-28-54-26-22-21-23-27-54/h21-23,26-27,30-33,36-39,42-45,48-51H,3-20,24-25,52-53H2,1-2H3. The van der Waals surface area contributed by atoms with Gasteiger partial charge in [0.15, 0.2) is 0 Å². The first-order chi connectivity index (χ1) is 31.2. The third-order valence-electron chi connectivity index (χ3n) is 11.6. The molecule has 324 valence electrons. The molecule has 0 bridgehead atoms. The van der Waals surface area contributed by atoms with Gasteiger partial charge in [-0.05, 0) is 122 Å². The fourth-order valence-corrected chi connectivity index (χ4v) is 7.72. The number of rotatable bonds is 23. The molecule has 0 radical (unpaired) electrons. The zero-order valence-electron chi connectivity index (χ0n) is 38.6. The maximum absolute atomic E-state index is 3.40. The van der Waals surface area contributed by atoms with E-state index in [9.17, 15) is 0 Å². The van der Waals surface area contributed by atoms with Gasteiger partial charge >= 0.3 is 0 Å². The number of unbranched alkanes of at least 4 members (excludes halogenated alkanes) is 18. The van der Waals surface area contributed by atoms with Crippen molar-refractivity contribution >= 4 is 5.69 Å². The second-order valence-electron chi connectivity index (χ2n) is 17.0. The minimum absolute atomic E-state index is 0.956. The summed E-state index contributed by atoms with van der Waals surface area (Å²) in [5.41, 5.74) is 9.21. The summed E-state index contributed by atoms with van der Waals surface area (Å²) in [7, 11) is 0. The second kappa shape index (κ2) is 30.2. The predicted molar refractivity (Wildman–Crippen MR) is 272 cm³/mol. The Kier molecular flexibility index (Phi) is 23.1. The topological polar surface area (TPSA) is 3.24 Å². The van der Waals surface area contributed by atoms with Gasteiger partial charge in [0.2, 0.25) is 0 Å². The van der Waals surface area contributed by atoms with Gasteiger partial charge in [-0.25, -0.2) is 0 Å². The molecule has 0 spiro atoms. The van der Waals surface area contributed by atoms with Crippen molar-refractivity contribution in [2.45, 2.75) is 142 Å². The van der Waals surface area contributed by atoms with E-state index in [4.69, 9.17) is 0 Å². The van der Waals surface area contributed by atoms with Crippen LogP contribution < -0.4 is 4.90 Å². The Bertz CT molecular complexity index is 2230. The monoisotopic (exact) mass is 830 g/mol. The molecule has 5 aromatic carbocycles. The van der Waals surface area contributed by atoms with Crippen molar-refractivity contribution in [2.24, 2.45) is 0 Å². The van der Waals surface area contributed by atoms with Crippen LogP contribution in [0.4, 0.5) is 5.69 Å². The molecule has 5 rings (SSSR count). The molecule has 0 aromatic heterocycles. The lowest BCUT2D eigenvalue weighted by Gasteiger charge is -2.25. The number of hydrogen-bond donors (Lipinski definition) is 0. The smallest absolute Gasteiger partial charge is 0.0367 e. The van der Waals surface area contributed by atoms with Gasteiger partial charge in [-0.3, -0.25) is 0 Å². The van der Waals surface area contributed by atoms with Crippen molar-refractivity contribution < 1.29 is 0 Å². The van der Waals surface area contributed by atoms with Crippen molar-refractivity contribution in [1.82, 2.24) is 0 Å². The van der Waals surface area contributed by atoms with Gasteiger partial charge in [-0.1, -0.05) is 195 Å². The highest BCUT2D eigenvalue weighted by atomic mass is 15.1. The van der Waals surface area contributed by atoms with Gasteiger partial charge in [-0.15, -0.1) is 0 Å². The van der Waals surface area contributed by atoms with E-state index in [1.54, 1.807) is 0 Å². The Hall–Kier alpha value is -5.86. The normalized spacial score (nSPS) is 10.3. The lowest BCUT2D eigenvalue weighted by molar-refractivity contribution is 0.543. The van der Waals surface area contributed by atoms with Crippen LogP contribution >= 0.6 is 0 Å². The third kappa shape index (κ3) is 20.3. The summed E-state index contributed by atoms with van der Waals surface area (Å²) >= 11 is 0. The van der Waals surface area contributed by atoms with Crippen molar-refractivity contribution in [1.29, 1.82) is 0 Å². The first-order valence-corrected chi connectivity index (χ1v) is 24.5. The van der Waals surface area contributed by atoms with Gasteiger partial charge < -0.3 is 4.90 Å². The van der Waals surface area contributed by atoms with E-state index in [1.165, 1.54) is 134 Å². The SMILES string of the molecule is CCCCCCCCCCCCN(CCCCCCCCCCCC)c1ccc(C#Cc2ccc(C#Cc3ccc(C#Cc4ccc(C#Cc5ccccc5)cc4)cc3)cc2)cc1. The largest absolute Gasteiger partial charge is 0.372 e. The van der Waals surface area contributed by atoms with Crippen LogP contribution in [0.25, 0.3) is 0 Å². The summed E-state index contributed by atoms with van der Waals surface area (Å²) in [6.45, 7) is 6.90. The first-order valence-electron chi connectivity index (χ1n) is 24.5. The first kappa shape index (κ1) is 48.2. The highest BCUT2D eigenvalue weighted by Gasteiger charge is 2.07. The van der Waals surface area contributed by atoms with Crippen LogP contribution in [0.1, 0.15) is 187 Å². The van der Waals surface area contributed by atoms with E-state index in [1.807, 2.05) is 78.9 Å². The second-order valence-corrected chi connectivity index (χ2v) is 17.0. The predicted octanol–water partition coefficient (Wildman–Crippen LogP) is 15.9. The van der Waals surface area contributed by atoms with Gasteiger partial charge in [0.25, 0.3) is 0 Å². The maximum Gasteiger partial charge on any atom is 0.0367 e. The van der Waals surface area contributed by atoms with E-state index >= 15 is 0 Å². The van der Waals surface area contributed by atoms with Gasteiger partial charge in [0, 0.05) is 63.3 Å². The molecule has 0 aliphatic carbocycles. The quantitative estimate of drug-likeness (QED) is 0.0468. The van der Waals surface area contributed by atoms with Crippen LogP contribution in [0.3, 0.4) is 0 Å². The fraction of sp³-hybridized carbons (Fsp3) is 0.387. The van der Waals surface area contributed by atoms with Crippen molar-refractivity contribution in [3.63, 3.8) is 0 Å². The molecule has 0 saturated carbocycles. The molecule has 0 N–H and O–H groups in total. The van der Waals surface area contributed by atoms with Crippen LogP contribution in [0.15, 0.2) is 127 Å². The van der Waals surface area contributed by atoms with Crippen molar-refractivity contribution in [2.75, 3.05) is 18.0 Å². The summed E-state index contributed by atoms with van der Waals surface area (Å²) in [6, 6.07) is 43.4. The number of hydrogen-bond acceptors (Lipinski definition) is 1. The van der Waals surface area contributed by atoms with Crippen LogP contribution in [-0.2, 0) is 0 Å². The van der Waals surface area contributed by atoms with Gasteiger partial charge in [-0.2, -0.15) is 0 Å². The molecule has 0 saturated heterocycles. The Morgan fingerprint density at radius 2 is 0.476 bits per heavy atom. The Labute approximate surface area is 383 Å². The molecular weight excluding hydrogens is 759 g/mol. The molecule has 5 aromatic rings. The summed E-state index contributed by atoms with van der Waals surface area (Å²) in [6.07, 6.45) is 27.5. The molecule has 0 fully saturated rings. The summed E-state index contributed by atoms with van der Waals surface area (Å²) in [5.74, 6) is 26.3. The molecule has 0 aliphatic heterocycles. The zero-order valence-corrected chi connectivity index (χ0v) is 38.6. The molecule has 63 heavy (non-hydrogen) atoms.